The molecule has 2 unspecified atom stereocenters. The first-order valence-corrected chi connectivity index (χ1v) is 7.24. The Morgan fingerprint density at radius 2 is 1.90 bits per heavy atom. The second kappa shape index (κ2) is 6.06. The van der Waals surface area contributed by atoms with Gasteiger partial charge < -0.3 is 10.5 Å². The molecule has 104 valence electrons. The predicted octanol–water partition coefficient (Wildman–Crippen LogP) is 3.40. The number of rotatable bonds is 3. The van der Waals surface area contributed by atoms with Gasteiger partial charge in [-0.2, -0.15) is 0 Å². The van der Waals surface area contributed by atoms with Gasteiger partial charge in [0.15, 0.2) is 0 Å². The smallest absolute Gasteiger partial charge is 0.120 e. The van der Waals surface area contributed by atoms with E-state index in [9.17, 15) is 0 Å². The van der Waals surface area contributed by atoms with E-state index in [1.54, 1.807) is 0 Å². The number of nitrogens with zero attached hydrogens (tertiary/aromatic N) is 1. The molecule has 1 aliphatic rings. The van der Waals surface area contributed by atoms with Crippen LogP contribution in [0.2, 0.25) is 0 Å². The van der Waals surface area contributed by atoms with Gasteiger partial charge in [-0.05, 0) is 61.1 Å². The van der Waals surface area contributed by atoms with Gasteiger partial charge in [0.25, 0.3) is 0 Å². The molecule has 1 aromatic heterocycles. The molecule has 0 aliphatic heterocycles. The van der Waals surface area contributed by atoms with Crippen molar-refractivity contribution in [3.05, 3.63) is 48.8 Å². The SMILES string of the molecule is NC1CCCC(Oc2cccc(-c3ccncc3)c2)C1. The number of pyridine rings is 1. The number of hydrogen-bond donors (Lipinski definition) is 1. The molecule has 0 bridgehead atoms. The van der Waals surface area contributed by atoms with Crippen molar-refractivity contribution in [2.75, 3.05) is 0 Å². The van der Waals surface area contributed by atoms with Crippen LogP contribution in [0, 0.1) is 0 Å². The molecule has 0 saturated heterocycles. The van der Waals surface area contributed by atoms with Gasteiger partial charge in [-0.15, -0.1) is 0 Å². The van der Waals surface area contributed by atoms with Crippen LogP contribution in [0.5, 0.6) is 5.75 Å². The van der Waals surface area contributed by atoms with E-state index in [1.165, 1.54) is 0 Å². The minimum Gasteiger partial charge on any atom is -0.490 e. The highest BCUT2D eigenvalue weighted by Crippen LogP contribution is 2.27. The molecule has 2 N–H and O–H groups in total. The summed E-state index contributed by atoms with van der Waals surface area (Å²) in [6, 6.07) is 12.5. The first-order chi connectivity index (χ1) is 9.81. The van der Waals surface area contributed by atoms with E-state index in [0.717, 1.165) is 42.6 Å². The third kappa shape index (κ3) is 3.17. The topological polar surface area (TPSA) is 48.1 Å². The molecule has 1 fully saturated rings. The zero-order chi connectivity index (χ0) is 13.8. The lowest BCUT2D eigenvalue weighted by molar-refractivity contribution is 0.144. The third-order valence-electron chi connectivity index (χ3n) is 3.82. The maximum atomic E-state index is 6.09. The predicted molar refractivity (Wildman–Crippen MR) is 80.5 cm³/mol. The average molecular weight is 268 g/mol. The normalized spacial score (nSPS) is 22.4. The van der Waals surface area contributed by atoms with Crippen LogP contribution in [0.3, 0.4) is 0 Å². The minimum atomic E-state index is 0.256. The molecule has 1 heterocycles. The fourth-order valence-electron chi connectivity index (χ4n) is 2.77. The minimum absolute atomic E-state index is 0.256. The Hall–Kier alpha value is -1.87. The Morgan fingerprint density at radius 1 is 1.05 bits per heavy atom. The number of ether oxygens (including phenoxy) is 1. The van der Waals surface area contributed by atoms with E-state index < -0.39 is 0 Å². The van der Waals surface area contributed by atoms with Gasteiger partial charge in [0.1, 0.15) is 11.9 Å². The third-order valence-corrected chi connectivity index (χ3v) is 3.82. The summed E-state index contributed by atoms with van der Waals surface area (Å²) in [5.41, 5.74) is 8.33. The standard InChI is InChI=1S/C17H20N2O/c18-15-4-2-6-17(12-15)20-16-5-1-3-14(11-16)13-7-9-19-10-8-13/h1,3,5,7-11,15,17H,2,4,6,12,18H2. The highest BCUT2D eigenvalue weighted by Gasteiger charge is 2.20. The van der Waals surface area contributed by atoms with Gasteiger partial charge in [-0.1, -0.05) is 12.1 Å². The fourth-order valence-corrected chi connectivity index (χ4v) is 2.77. The summed E-state index contributed by atoms with van der Waals surface area (Å²) in [6.45, 7) is 0. The largest absolute Gasteiger partial charge is 0.490 e. The lowest BCUT2D eigenvalue weighted by atomic mass is 9.93. The van der Waals surface area contributed by atoms with Crippen LogP contribution in [0.25, 0.3) is 11.1 Å². The molecule has 0 spiro atoms. The Balaban J connectivity index is 1.74. The number of nitrogens with two attached hydrogens (primary N) is 1. The van der Waals surface area contributed by atoms with Crippen LogP contribution >= 0.6 is 0 Å². The summed E-state index contributed by atoms with van der Waals surface area (Å²) in [5, 5.41) is 0. The molecule has 2 aromatic rings. The van der Waals surface area contributed by atoms with Crippen LogP contribution in [-0.2, 0) is 0 Å². The molecular formula is C17H20N2O. The number of aromatic nitrogens is 1. The molecule has 3 heteroatoms. The van der Waals surface area contributed by atoms with Crippen molar-refractivity contribution >= 4 is 0 Å². The van der Waals surface area contributed by atoms with Crippen molar-refractivity contribution in [1.29, 1.82) is 0 Å². The zero-order valence-corrected chi connectivity index (χ0v) is 11.5. The van der Waals surface area contributed by atoms with Gasteiger partial charge in [-0.25, -0.2) is 0 Å². The first kappa shape index (κ1) is 13.1. The van der Waals surface area contributed by atoms with E-state index >= 15 is 0 Å². The highest BCUT2D eigenvalue weighted by atomic mass is 16.5. The molecule has 1 saturated carbocycles. The van der Waals surface area contributed by atoms with Crippen molar-refractivity contribution in [2.24, 2.45) is 5.73 Å². The second-order valence-corrected chi connectivity index (χ2v) is 5.43. The van der Waals surface area contributed by atoms with Gasteiger partial charge in [0.2, 0.25) is 0 Å². The van der Waals surface area contributed by atoms with Gasteiger partial charge in [-0.3, -0.25) is 4.98 Å². The molecule has 2 atom stereocenters. The molecule has 1 aromatic carbocycles. The van der Waals surface area contributed by atoms with Crippen molar-refractivity contribution in [3.63, 3.8) is 0 Å². The van der Waals surface area contributed by atoms with Crippen molar-refractivity contribution in [2.45, 2.75) is 37.8 Å². The van der Waals surface area contributed by atoms with Crippen LogP contribution < -0.4 is 10.5 Å². The highest BCUT2D eigenvalue weighted by molar-refractivity contribution is 5.64. The van der Waals surface area contributed by atoms with Crippen LogP contribution in [0.15, 0.2) is 48.8 Å². The Labute approximate surface area is 119 Å². The second-order valence-electron chi connectivity index (χ2n) is 5.43. The number of benzene rings is 1. The van der Waals surface area contributed by atoms with Crippen LogP contribution in [0.4, 0.5) is 0 Å². The maximum Gasteiger partial charge on any atom is 0.120 e. The molecule has 0 radical (unpaired) electrons. The quantitative estimate of drug-likeness (QED) is 0.928. The van der Waals surface area contributed by atoms with E-state index in [2.05, 4.69) is 17.1 Å². The Bertz CT molecular complexity index is 556. The Morgan fingerprint density at radius 3 is 2.70 bits per heavy atom. The lowest BCUT2D eigenvalue weighted by Gasteiger charge is -2.27. The van der Waals surface area contributed by atoms with Crippen molar-refractivity contribution in [1.82, 2.24) is 4.98 Å². The van der Waals surface area contributed by atoms with Crippen molar-refractivity contribution in [3.8, 4) is 16.9 Å². The molecular weight excluding hydrogens is 248 g/mol. The maximum absolute atomic E-state index is 6.09. The molecule has 1 aliphatic carbocycles. The Kier molecular flexibility index (Phi) is 3.97. The van der Waals surface area contributed by atoms with Gasteiger partial charge in [0, 0.05) is 18.4 Å². The van der Waals surface area contributed by atoms with Crippen LogP contribution in [0.1, 0.15) is 25.7 Å². The first-order valence-electron chi connectivity index (χ1n) is 7.24. The summed E-state index contributed by atoms with van der Waals surface area (Å²) in [6.07, 6.45) is 8.22. The van der Waals surface area contributed by atoms with Crippen molar-refractivity contribution < 1.29 is 4.74 Å². The molecule has 3 rings (SSSR count). The molecule has 0 amide bonds. The summed E-state index contributed by atoms with van der Waals surface area (Å²) in [7, 11) is 0. The van der Waals surface area contributed by atoms with Gasteiger partial charge in [0.05, 0.1) is 0 Å². The molecule has 20 heavy (non-hydrogen) atoms. The van der Waals surface area contributed by atoms with E-state index in [4.69, 9.17) is 10.5 Å². The monoisotopic (exact) mass is 268 g/mol. The lowest BCUT2D eigenvalue weighted by Crippen LogP contribution is -2.33. The average Bonchev–Trinajstić information content (AvgIpc) is 2.48. The van der Waals surface area contributed by atoms with E-state index in [0.29, 0.717) is 0 Å². The zero-order valence-electron chi connectivity index (χ0n) is 11.5. The fraction of sp³-hybridized carbons (Fsp3) is 0.353. The van der Waals surface area contributed by atoms with Gasteiger partial charge >= 0.3 is 0 Å². The van der Waals surface area contributed by atoms with E-state index in [-0.39, 0.29) is 12.1 Å². The summed E-state index contributed by atoms with van der Waals surface area (Å²) < 4.78 is 6.09. The number of hydrogen-bond acceptors (Lipinski definition) is 3. The summed E-state index contributed by atoms with van der Waals surface area (Å²) in [5.74, 6) is 0.929. The molecule has 3 nitrogen and oxygen atoms in total. The summed E-state index contributed by atoms with van der Waals surface area (Å²) in [4.78, 5) is 4.05. The summed E-state index contributed by atoms with van der Waals surface area (Å²) >= 11 is 0. The van der Waals surface area contributed by atoms with Crippen LogP contribution in [-0.4, -0.2) is 17.1 Å². The van der Waals surface area contributed by atoms with E-state index in [1.807, 2.05) is 36.7 Å².